The minimum Gasteiger partial charge on any atom is -0.481 e. The first-order chi connectivity index (χ1) is 9.95. The van der Waals surface area contributed by atoms with E-state index in [0.29, 0.717) is 5.92 Å². The normalized spacial score (nSPS) is 27.4. The van der Waals surface area contributed by atoms with Gasteiger partial charge in [0.1, 0.15) is 5.82 Å². The van der Waals surface area contributed by atoms with E-state index in [1.54, 1.807) is 7.11 Å². The second kappa shape index (κ2) is 5.28. The monoisotopic (exact) mass is 311 g/mol. The Bertz CT molecular complexity index is 554. The van der Waals surface area contributed by atoms with Gasteiger partial charge in [-0.05, 0) is 19.3 Å². The third kappa shape index (κ3) is 2.57. The molecule has 0 bridgehead atoms. The molecule has 2 unspecified atom stereocenters. The summed E-state index contributed by atoms with van der Waals surface area (Å²) >= 11 is 1.26. The molecule has 0 spiro atoms. The highest BCUT2D eigenvalue weighted by molar-refractivity contribution is 7.99. The summed E-state index contributed by atoms with van der Waals surface area (Å²) in [5.74, 6) is 0.707. The molecular formula is C14H21N3O3S. The van der Waals surface area contributed by atoms with Gasteiger partial charge in [-0.2, -0.15) is 0 Å². The summed E-state index contributed by atoms with van der Waals surface area (Å²) in [7, 11) is 1.75. The number of ether oxygens (including phenoxy) is 1. The molecule has 3 rings (SSSR count). The lowest BCUT2D eigenvalue weighted by Crippen LogP contribution is -2.51. The molecule has 2 aliphatic carbocycles. The zero-order valence-electron chi connectivity index (χ0n) is 12.6. The van der Waals surface area contributed by atoms with Crippen molar-refractivity contribution in [3.05, 3.63) is 5.82 Å². The number of hydrogen-bond acceptors (Lipinski definition) is 5. The Balaban J connectivity index is 1.88. The van der Waals surface area contributed by atoms with Crippen molar-refractivity contribution in [2.75, 3.05) is 12.9 Å². The minimum atomic E-state index is -0.829. The maximum absolute atomic E-state index is 10.8. The molecule has 2 atom stereocenters. The number of hydrogen-bond donors (Lipinski definition) is 1. The summed E-state index contributed by atoms with van der Waals surface area (Å²) < 4.78 is 7.71. The summed E-state index contributed by atoms with van der Waals surface area (Å²) in [5.41, 5.74) is 0.0132. The number of methoxy groups -OCH3 is 1. The molecule has 6 nitrogen and oxygen atoms in total. The third-order valence-electron chi connectivity index (χ3n) is 4.68. The SMILES string of the molecule is COC1CC(n2c(SCC(=O)O)nnc2C2CC2)C1(C)C. The summed E-state index contributed by atoms with van der Waals surface area (Å²) in [6.45, 7) is 4.38. The van der Waals surface area contributed by atoms with Crippen LogP contribution < -0.4 is 0 Å². The van der Waals surface area contributed by atoms with Crippen LogP contribution in [0.4, 0.5) is 0 Å². The average Bonchev–Trinajstić information content (AvgIpc) is 3.18. The van der Waals surface area contributed by atoms with Gasteiger partial charge in [0.2, 0.25) is 0 Å². The maximum atomic E-state index is 10.8. The molecule has 1 heterocycles. The van der Waals surface area contributed by atoms with E-state index in [4.69, 9.17) is 9.84 Å². The van der Waals surface area contributed by atoms with Gasteiger partial charge in [0.05, 0.1) is 11.9 Å². The van der Waals surface area contributed by atoms with E-state index in [1.165, 1.54) is 11.8 Å². The van der Waals surface area contributed by atoms with Crippen molar-refractivity contribution in [2.45, 2.75) is 56.3 Å². The molecule has 1 aromatic heterocycles. The number of nitrogens with zero attached hydrogens (tertiary/aromatic N) is 3. The zero-order chi connectivity index (χ0) is 15.2. The van der Waals surface area contributed by atoms with Crippen molar-refractivity contribution in [3.8, 4) is 0 Å². The largest absolute Gasteiger partial charge is 0.481 e. The Morgan fingerprint density at radius 2 is 2.19 bits per heavy atom. The van der Waals surface area contributed by atoms with E-state index in [0.717, 1.165) is 30.2 Å². The van der Waals surface area contributed by atoms with Gasteiger partial charge in [-0.1, -0.05) is 25.6 Å². The van der Waals surface area contributed by atoms with Crippen LogP contribution in [-0.2, 0) is 9.53 Å². The molecule has 0 aromatic carbocycles. The minimum absolute atomic E-state index is 0.0132. The summed E-state index contributed by atoms with van der Waals surface area (Å²) in [4.78, 5) is 10.8. The zero-order valence-corrected chi connectivity index (χ0v) is 13.4. The van der Waals surface area contributed by atoms with Crippen LogP contribution in [-0.4, -0.2) is 44.8 Å². The predicted octanol–water partition coefficient (Wildman–Crippen LogP) is 2.32. The van der Waals surface area contributed by atoms with Crippen LogP contribution in [0.1, 0.15) is 50.9 Å². The first-order valence-corrected chi connectivity index (χ1v) is 8.26. The number of carboxylic acids is 1. The van der Waals surface area contributed by atoms with E-state index in [9.17, 15) is 4.79 Å². The summed E-state index contributed by atoms with van der Waals surface area (Å²) in [5, 5.41) is 18.2. The smallest absolute Gasteiger partial charge is 0.313 e. The van der Waals surface area contributed by atoms with E-state index < -0.39 is 5.97 Å². The van der Waals surface area contributed by atoms with Gasteiger partial charge < -0.3 is 14.4 Å². The average molecular weight is 311 g/mol. The Morgan fingerprint density at radius 1 is 1.48 bits per heavy atom. The molecule has 2 aliphatic rings. The summed E-state index contributed by atoms with van der Waals surface area (Å²) in [6.07, 6.45) is 3.47. The highest BCUT2D eigenvalue weighted by Gasteiger charge is 2.51. The van der Waals surface area contributed by atoms with Crippen LogP contribution in [0.5, 0.6) is 0 Å². The number of aromatic nitrogens is 3. The third-order valence-corrected chi connectivity index (χ3v) is 5.61. The number of thioether (sulfide) groups is 1. The number of aliphatic carboxylic acids is 1. The Hall–Kier alpha value is -1.08. The topological polar surface area (TPSA) is 77.2 Å². The van der Waals surface area contributed by atoms with Crippen LogP contribution in [0.15, 0.2) is 5.16 Å². The Kier molecular flexibility index (Phi) is 3.73. The molecule has 0 radical (unpaired) electrons. The number of carboxylic acid groups (broad SMARTS) is 1. The molecule has 2 saturated carbocycles. The van der Waals surface area contributed by atoms with Crippen molar-refractivity contribution < 1.29 is 14.6 Å². The molecular weight excluding hydrogens is 290 g/mol. The fraction of sp³-hybridized carbons (Fsp3) is 0.786. The quantitative estimate of drug-likeness (QED) is 0.812. The lowest BCUT2D eigenvalue weighted by atomic mass is 9.64. The van der Waals surface area contributed by atoms with Gasteiger partial charge in [-0.3, -0.25) is 4.79 Å². The van der Waals surface area contributed by atoms with E-state index in [2.05, 4.69) is 28.6 Å². The van der Waals surface area contributed by atoms with Crippen LogP contribution in [0.25, 0.3) is 0 Å². The van der Waals surface area contributed by atoms with Gasteiger partial charge in [0, 0.05) is 24.5 Å². The first-order valence-electron chi connectivity index (χ1n) is 7.27. The second-order valence-corrected chi connectivity index (χ2v) is 7.41. The van der Waals surface area contributed by atoms with E-state index >= 15 is 0 Å². The molecule has 1 N–H and O–H groups in total. The van der Waals surface area contributed by atoms with Crippen LogP contribution in [0.2, 0.25) is 0 Å². The van der Waals surface area contributed by atoms with Gasteiger partial charge >= 0.3 is 5.97 Å². The standard InChI is InChI=1S/C14H21N3O3S/c1-14(2)9(6-10(14)20-3)17-12(8-4-5-8)15-16-13(17)21-7-11(18)19/h8-10H,4-7H2,1-3H3,(H,18,19). The Labute approximate surface area is 128 Å². The molecule has 21 heavy (non-hydrogen) atoms. The van der Waals surface area contributed by atoms with Crippen LogP contribution >= 0.6 is 11.8 Å². The molecule has 1 aromatic rings. The van der Waals surface area contributed by atoms with Crippen molar-refractivity contribution in [1.29, 1.82) is 0 Å². The fourth-order valence-electron chi connectivity index (χ4n) is 3.13. The van der Waals surface area contributed by atoms with Crippen LogP contribution in [0.3, 0.4) is 0 Å². The van der Waals surface area contributed by atoms with Crippen molar-refractivity contribution in [3.63, 3.8) is 0 Å². The molecule has 0 amide bonds. The molecule has 7 heteroatoms. The molecule has 0 aliphatic heterocycles. The predicted molar refractivity (Wildman–Crippen MR) is 78.6 cm³/mol. The van der Waals surface area contributed by atoms with E-state index in [1.807, 2.05) is 0 Å². The number of rotatable bonds is 6. The highest BCUT2D eigenvalue weighted by atomic mass is 32.2. The summed E-state index contributed by atoms with van der Waals surface area (Å²) in [6, 6.07) is 0.282. The number of carbonyl (C=O) groups is 1. The lowest BCUT2D eigenvalue weighted by Gasteiger charge is -2.52. The van der Waals surface area contributed by atoms with E-state index in [-0.39, 0.29) is 23.3 Å². The van der Waals surface area contributed by atoms with Gasteiger partial charge in [-0.25, -0.2) is 0 Å². The molecule has 0 saturated heterocycles. The molecule has 2 fully saturated rings. The first kappa shape index (κ1) is 14.8. The van der Waals surface area contributed by atoms with Crippen molar-refractivity contribution in [2.24, 2.45) is 5.41 Å². The van der Waals surface area contributed by atoms with Crippen molar-refractivity contribution >= 4 is 17.7 Å². The van der Waals surface area contributed by atoms with Gasteiger partial charge in [0.25, 0.3) is 0 Å². The maximum Gasteiger partial charge on any atom is 0.313 e. The fourth-order valence-corrected chi connectivity index (χ4v) is 3.84. The van der Waals surface area contributed by atoms with Gasteiger partial charge in [-0.15, -0.1) is 10.2 Å². The van der Waals surface area contributed by atoms with Gasteiger partial charge in [0.15, 0.2) is 5.16 Å². The molecule has 116 valence electrons. The Morgan fingerprint density at radius 3 is 2.71 bits per heavy atom. The van der Waals surface area contributed by atoms with Crippen LogP contribution in [0, 0.1) is 5.41 Å². The second-order valence-electron chi connectivity index (χ2n) is 6.46. The lowest BCUT2D eigenvalue weighted by molar-refractivity contribution is -0.133. The highest BCUT2D eigenvalue weighted by Crippen LogP contribution is 2.54. The van der Waals surface area contributed by atoms with Crippen molar-refractivity contribution in [1.82, 2.24) is 14.8 Å².